The maximum Gasteiger partial charge on any atom is 0.306 e. The second-order valence-electron chi connectivity index (χ2n) is 19.5. The first-order chi connectivity index (χ1) is 35.6. The number of unbranched alkanes of at least 4 members (excludes halogenated alkanes) is 23. The number of esters is 2. The van der Waals surface area contributed by atoms with Crippen LogP contribution in [0.3, 0.4) is 0 Å². The number of carbonyl (C=O) groups is 2. The maximum atomic E-state index is 12.9. The Morgan fingerprint density at radius 3 is 1.04 bits per heavy atom. The van der Waals surface area contributed by atoms with Gasteiger partial charge in [0.2, 0.25) is 0 Å². The first-order valence-electron chi connectivity index (χ1n) is 30.1. The molecule has 0 fully saturated rings. The Kier molecular flexibility index (Phi) is 58.4. The second-order valence-corrected chi connectivity index (χ2v) is 19.5. The van der Waals surface area contributed by atoms with Gasteiger partial charge in [0.25, 0.3) is 0 Å². The molecule has 410 valence electrons. The third kappa shape index (κ3) is 58.9. The second kappa shape index (κ2) is 61.6. The smallest absolute Gasteiger partial charge is 0.306 e. The third-order valence-electron chi connectivity index (χ3n) is 12.5. The van der Waals surface area contributed by atoms with Crippen molar-refractivity contribution >= 4 is 11.9 Å². The molecule has 0 saturated heterocycles. The summed E-state index contributed by atoms with van der Waals surface area (Å²) >= 11 is 0. The number of ether oxygens (including phenoxy) is 3. The van der Waals surface area contributed by atoms with E-state index in [1.807, 2.05) is 0 Å². The minimum atomic E-state index is -0.584. The highest BCUT2D eigenvalue weighted by molar-refractivity contribution is 5.70. The van der Waals surface area contributed by atoms with E-state index < -0.39 is 6.10 Å². The molecule has 0 spiro atoms. The van der Waals surface area contributed by atoms with Gasteiger partial charge in [-0.1, -0.05) is 245 Å². The van der Waals surface area contributed by atoms with Crippen LogP contribution in [-0.2, 0) is 23.8 Å². The average molecular weight is 998 g/mol. The lowest BCUT2D eigenvalue weighted by Crippen LogP contribution is -2.30. The van der Waals surface area contributed by atoms with E-state index in [1.165, 1.54) is 122 Å². The van der Waals surface area contributed by atoms with Crippen LogP contribution in [0.4, 0.5) is 0 Å². The van der Waals surface area contributed by atoms with Crippen LogP contribution in [-0.4, -0.2) is 37.9 Å². The Balaban J connectivity index is 4.43. The van der Waals surface area contributed by atoms with Crippen LogP contribution < -0.4 is 0 Å². The molecule has 72 heavy (non-hydrogen) atoms. The molecular weight excluding hydrogens is 885 g/mol. The van der Waals surface area contributed by atoms with Crippen molar-refractivity contribution in [3.63, 3.8) is 0 Å². The van der Waals surface area contributed by atoms with Gasteiger partial charge in [-0.3, -0.25) is 9.59 Å². The molecule has 0 saturated carbocycles. The van der Waals surface area contributed by atoms with Crippen molar-refractivity contribution < 1.29 is 23.8 Å². The highest BCUT2D eigenvalue weighted by Gasteiger charge is 2.17. The summed E-state index contributed by atoms with van der Waals surface area (Å²) in [6, 6.07) is 0. The molecular formula is C67H112O5. The highest BCUT2D eigenvalue weighted by atomic mass is 16.6. The van der Waals surface area contributed by atoms with Gasteiger partial charge in [-0.15, -0.1) is 0 Å². The summed E-state index contributed by atoms with van der Waals surface area (Å²) < 4.78 is 17.4. The van der Waals surface area contributed by atoms with Crippen molar-refractivity contribution in [1.82, 2.24) is 0 Å². The number of allylic oxidation sites excluding steroid dienone is 20. The summed E-state index contributed by atoms with van der Waals surface area (Å²) in [7, 11) is 0. The van der Waals surface area contributed by atoms with Crippen LogP contribution >= 0.6 is 0 Å². The zero-order chi connectivity index (χ0) is 52.0. The Morgan fingerprint density at radius 1 is 0.319 bits per heavy atom. The zero-order valence-corrected chi connectivity index (χ0v) is 47.2. The summed E-state index contributed by atoms with van der Waals surface area (Å²) in [6.45, 7) is 7.53. The van der Waals surface area contributed by atoms with E-state index in [9.17, 15) is 9.59 Å². The molecule has 0 aliphatic carbocycles. The summed E-state index contributed by atoms with van der Waals surface area (Å²) in [5, 5.41) is 0. The molecule has 0 aromatic rings. The summed E-state index contributed by atoms with van der Waals surface area (Å²) in [4.78, 5) is 25.6. The summed E-state index contributed by atoms with van der Waals surface area (Å²) in [5.41, 5.74) is 0. The van der Waals surface area contributed by atoms with Gasteiger partial charge in [0, 0.05) is 19.4 Å². The van der Waals surface area contributed by atoms with Crippen LogP contribution in [0.25, 0.3) is 0 Å². The van der Waals surface area contributed by atoms with Crippen molar-refractivity contribution in [2.75, 3.05) is 19.8 Å². The topological polar surface area (TPSA) is 61.8 Å². The van der Waals surface area contributed by atoms with Gasteiger partial charge in [0.15, 0.2) is 6.10 Å². The lowest BCUT2D eigenvalue weighted by molar-refractivity contribution is -0.163. The Labute approximate surface area is 446 Å². The number of hydrogen-bond acceptors (Lipinski definition) is 5. The Hall–Kier alpha value is -3.70. The van der Waals surface area contributed by atoms with Gasteiger partial charge < -0.3 is 14.2 Å². The summed E-state index contributed by atoms with van der Waals surface area (Å²) in [5.74, 6) is -0.450. The van der Waals surface area contributed by atoms with Gasteiger partial charge in [-0.2, -0.15) is 0 Å². The molecule has 1 unspecified atom stereocenters. The molecule has 5 heteroatoms. The van der Waals surface area contributed by atoms with E-state index in [-0.39, 0.29) is 25.2 Å². The van der Waals surface area contributed by atoms with E-state index in [0.29, 0.717) is 19.4 Å². The van der Waals surface area contributed by atoms with Gasteiger partial charge >= 0.3 is 11.9 Å². The fourth-order valence-corrected chi connectivity index (χ4v) is 8.00. The van der Waals surface area contributed by atoms with Crippen molar-refractivity contribution in [3.05, 3.63) is 122 Å². The Bertz CT molecular complexity index is 1450. The fourth-order valence-electron chi connectivity index (χ4n) is 8.00. The van der Waals surface area contributed by atoms with Gasteiger partial charge in [0.1, 0.15) is 6.61 Å². The molecule has 0 amide bonds. The predicted octanol–water partition coefficient (Wildman–Crippen LogP) is 20.9. The molecule has 1 atom stereocenters. The first kappa shape index (κ1) is 68.3. The molecule has 5 nitrogen and oxygen atoms in total. The molecule has 0 N–H and O–H groups in total. The number of carbonyl (C=O) groups excluding carboxylic acids is 2. The van der Waals surface area contributed by atoms with Crippen molar-refractivity contribution in [3.8, 4) is 0 Å². The lowest BCUT2D eigenvalue weighted by atomic mass is 10.1. The normalized spacial score (nSPS) is 13.1. The van der Waals surface area contributed by atoms with Crippen molar-refractivity contribution in [2.24, 2.45) is 0 Å². The number of hydrogen-bond donors (Lipinski definition) is 0. The lowest BCUT2D eigenvalue weighted by Gasteiger charge is -2.18. The molecule has 0 aromatic carbocycles. The first-order valence-corrected chi connectivity index (χ1v) is 30.1. The van der Waals surface area contributed by atoms with E-state index in [1.54, 1.807) is 0 Å². The van der Waals surface area contributed by atoms with E-state index >= 15 is 0 Å². The fraction of sp³-hybridized carbons (Fsp3) is 0.672. The van der Waals surface area contributed by atoms with Crippen LogP contribution in [0.15, 0.2) is 122 Å². The van der Waals surface area contributed by atoms with Crippen LogP contribution in [0.1, 0.15) is 265 Å². The molecule has 0 aromatic heterocycles. The minimum absolute atomic E-state index is 0.0471. The maximum absolute atomic E-state index is 12.9. The SMILES string of the molecule is CC/C=C\C/C=C\C/C=C\C/C=C\C/C=C\C/C=C\CCCOCC(COC(=O)CCCCCCCC/C=C\C/C=C\C/C=C\CCCCC)OC(=O)CCCCCCCCC/C=C\CCCCCCCC. The number of rotatable bonds is 54. The molecule has 0 aliphatic rings. The third-order valence-corrected chi connectivity index (χ3v) is 12.5. The minimum Gasteiger partial charge on any atom is -0.462 e. The van der Waals surface area contributed by atoms with Crippen LogP contribution in [0.2, 0.25) is 0 Å². The predicted molar refractivity (Wildman–Crippen MR) is 316 cm³/mol. The average Bonchev–Trinajstić information content (AvgIpc) is 3.38. The monoisotopic (exact) mass is 997 g/mol. The molecule has 0 aliphatic heterocycles. The van der Waals surface area contributed by atoms with Crippen LogP contribution in [0.5, 0.6) is 0 Å². The summed E-state index contributed by atoms with van der Waals surface area (Å²) in [6.07, 6.45) is 86.6. The zero-order valence-electron chi connectivity index (χ0n) is 47.2. The largest absolute Gasteiger partial charge is 0.462 e. The van der Waals surface area contributed by atoms with Crippen molar-refractivity contribution in [2.45, 2.75) is 271 Å². The molecule has 0 rings (SSSR count). The molecule has 0 bridgehead atoms. The van der Waals surface area contributed by atoms with E-state index in [2.05, 4.69) is 142 Å². The standard InChI is InChI=1S/C67H112O5/c1-4-7-10-13-16-19-22-25-28-31-33-35-38-41-44-47-50-53-56-59-62-70-63-65(72-67(69)61-58-55-52-49-46-43-40-36-30-27-24-21-18-15-12-9-6-3)64-71-66(68)60-57-54-51-48-45-42-39-37-34-32-29-26-23-20-17-14-11-8-5-2/h7,10,16-17,19-20,25-30,33-35,37,41,44,50,53,65H,4-6,8-9,11-15,18,21-24,31-32,36,38-40,42-43,45-49,51-52,54-64H2,1-3H3/b10-7-,19-16-,20-17-,28-25-,29-26-,30-27-,35-33-,37-34-,44-41-,53-50-. The Morgan fingerprint density at radius 2 is 0.625 bits per heavy atom. The van der Waals surface area contributed by atoms with Gasteiger partial charge in [0.05, 0.1) is 6.61 Å². The van der Waals surface area contributed by atoms with Gasteiger partial charge in [-0.05, 0) is 128 Å². The van der Waals surface area contributed by atoms with Gasteiger partial charge in [-0.25, -0.2) is 0 Å². The highest BCUT2D eigenvalue weighted by Crippen LogP contribution is 2.14. The van der Waals surface area contributed by atoms with Crippen LogP contribution in [0, 0.1) is 0 Å². The van der Waals surface area contributed by atoms with E-state index in [0.717, 1.165) is 109 Å². The van der Waals surface area contributed by atoms with Crippen molar-refractivity contribution in [1.29, 1.82) is 0 Å². The molecule has 0 heterocycles. The molecule has 0 radical (unpaired) electrons. The van der Waals surface area contributed by atoms with E-state index in [4.69, 9.17) is 14.2 Å². The quantitative estimate of drug-likeness (QED) is 0.0345.